The maximum absolute atomic E-state index is 9.27. The third-order valence-electron chi connectivity index (χ3n) is 2.13. The molecule has 0 amide bonds. The first-order valence-corrected chi connectivity index (χ1v) is 4.25. The number of methoxy groups -OCH3 is 1. The highest BCUT2D eigenvalue weighted by Gasteiger charge is 2.27. The number of rotatable bonds is 3. The highest BCUT2D eigenvalue weighted by Crippen LogP contribution is 2.21. The molecule has 0 aromatic heterocycles. The van der Waals surface area contributed by atoms with Gasteiger partial charge in [-0.05, 0) is 19.3 Å². The molecule has 1 heterocycles. The maximum atomic E-state index is 9.27. The minimum Gasteiger partial charge on any atom is -0.394 e. The molecule has 4 heteroatoms. The van der Waals surface area contributed by atoms with Crippen LogP contribution in [0.1, 0.15) is 19.3 Å². The first-order valence-electron chi connectivity index (χ1n) is 4.25. The second-order valence-electron chi connectivity index (χ2n) is 3.02. The Bertz CT molecular complexity index is 126. The van der Waals surface area contributed by atoms with Crippen LogP contribution < -0.4 is 0 Å². The van der Waals surface area contributed by atoms with Gasteiger partial charge in [-0.2, -0.15) is 0 Å². The lowest BCUT2D eigenvalue weighted by atomic mass is 10.0. The number of aliphatic hydroxyl groups is 2. The van der Waals surface area contributed by atoms with Gasteiger partial charge in [0.2, 0.25) is 0 Å². The van der Waals surface area contributed by atoms with E-state index in [1.54, 1.807) is 7.11 Å². The van der Waals surface area contributed by atoms with Gasteiger partial charge in [0.05, 0.1) is 12.7 Å². The van der Waals surface area contributed by atoms with E-state index >= 15 is 0 Å². The van der Waals surface area contributed by atoms with Crippen molar-refractivity contribution >= 4 is 0 Å². The molecule has 0 aliphatic carbocycles. The number of ether oxygens (including phenoxy) is 2. The standard InChI is InChI=1S/C8H16O4/c1-11-8-4-2-3-7(12-8)6(10)5-9/h6-10H,2-5H2,1H3/t6-,7+,8-/m1/s1. The summed E-state index contributed by atoms with van der Waals surface area (Å²) in [7, 11) is 1.58. The van der Waals surface area contributed by atoms with Crippen molar-refractivity contribution < 1.29 is 19.7 Å². The molecule has 3 atom stereocenters. The van der Waals surface area contributed by atoms with Gasteiger partial charge in [0.25, 0.3) is 0 Å². The summed E-state index contributed by atoms with van der Waals surface area (Å²) in [6.45, 7) is -0.249. The molecule has 2 N–H and O–H groups in total. The molecule has 0 bridgehead atoms. The normalized spacial score (nSPS) is 33.2. The molecule has 0 spiro atoms. The van der Waals surface area contributed by atoms with Gasteiger partial charge in [0.15, 0.2) is 6.29 Å². The van der Waals surface area contributed by atoms with E-state index in [0.717, 1.165) is 19.3 Å². The zero-order valence-corrected chi connectivity index (χ0v) is 7.27. The van der Waals surface area contributed by atoms with E-state index in [1.165, 1.54) is 0 Å². The Morgan fingerprint density at radius 3 is 2.92 bits per heavy atom. The first kappa shape index (κ1) is 9.92. The highest BCUT2D eigenvalue weighted by molar-refractivity contribution is 4.73. The third kappa shape index (κ3) is 2.42. The van der Waals surface area contributed by atoms with Gasteiger partial charge < -0.3 is 19.7 Å². The molecule has 0 saturated carbocycles. The van der Waals surface area contributed by atoms with Gasteiger partial charge in [-0.15, -0.1) is 0 Å². The van der Waals surface area contributed by atoms with Gasteiger partial charge in [0, 0.05) is 7.11 Å². The molecule has 12 heavy (non-hydrogen) atoms. The molecular weight excluding hydrogens is 160 g/mol. The molecule has 72 valence electrons. The second kappa shape index (κ2) is 4.77. The predicted octanol–water partition coefficient (Wildman–Crippen LogP) is -0.119. The van der Waals surface area contributed by atoms with Crippen molar-refractivity contribution in [2.75, 3.05) is 13.7 Å². The van der Waals surface area contributed by atoms with Gasteiger partial charge >= 0.3 is 0 Å². The Labute approximate surface area is 72.1 Å². The molecule has 1 aliphatic heterocycles. The fourth-order valence-corrected chi connectivity index (χ4v) is 1.39. The van der Waals surface area contributed by atoms with Crippen molar-refractivity contribution in [3.8, 4) is 0 Å². The fourth-order valence-electron chi connectivity index (χ4n) is 1.39. The Hall–Kier alpha value is -0.160. The van der Waals surface area contributed by atoms with Crippen LogP contribution >= 0.6 is 0 Å². The molecule has 0 unspecified atom stereocenters. The van der Waals surface area contributed by atoms with E-state index in [2.05, 4.69) is 0 Å². The summed E-state index contributed by atoms with van der Waals surface area (Å²) in [6, 6.07) is 0. The van der Waals surface area contributed by atoms with Crippen LogP contribution in [-0.4, -0.2) is 42.4 Å². The minimum atomic E-state index is -0.775. The maximum Gasteiger partial charge on any atom is 0.157 e. The van der Waals surface area contributed by atoms with E-state index in [1.807, 2.05) is 0 Å². The van der Waals surface area contributed by atoms with Crippen molar-refractivity contribution in [1.29, 1.82) is 0 Å². The topological polar surface area (TPSA) is 58.9 Å². The fraction of sp³-hybridized carbons (Fsp3) is 1.00. The summed E-state index contributed by atoms with van der Waals surface area (Å²) in [5, 5.41) is 17.9. The van der Waals surface area contributed by atoms with Crippen LogP contribution in [0.4, 0.5) is 0 Å². The van der Waals surface area contributed by atoms with Crippen LogP contribution in [0.3, 0.4) is 0 Å². The van der Waals surface area contributed by atoms with E-state index in [-0.39, 0.29) is 19.0 Å². The summed E-state index contributed by atoms with van der Waals surface area (Å²) < 4.78 is 10.4. The monoisotopic (exact) mass is 176 g/mol. The highest BCUT2D eigenvalue weighted by atomic mass is 16.7. The van der Waals surface area contributed by atoms with E-state index in [4.69, 9.17) is 14.6 Å². The van der Waals surface area contributed by atoms with Crippen molar-refractivity contribution in [2.45, 2.75) is 37.8 Å². The zero-order valence-electron chi connectivity index (χ0n) is 7.27. The van der Waals surface area contributed by atoms with Crippen molar-refractivity contribution in [1.82, 2.24) is 0 Å². The quantitative estimate of drug-likeness (QED) is 0.629. The van der Waals surface area contributed by atoms with Crippen LogP contribution in [0.2, 0.25) is 0 Å². The van der Waals surface area contributed by atoms with Gasteiger partial charge in [-0.25, -0.2) is 0 Å². The van der Waals surface area contributed by atoms with E-state index in [0.29, 0.717) is 0 Å². The second-order valence-corrected chi connectivity index (χ2v) is 3.02. The Balaban J connectivity index is 2.34. The third-order valence-corrected chi connectivity index (χ3v) is 2.13. The Morgan fingerprint density at radius 1 is 1.58 bits per heavy atom. The number of aliphatic hydroxyl groups excluding tert-OH is 2. The van der Waals surface area contributed by atoms with Crippen LogP contribution in [0.25, 0.3) is 0 Å². The van der Waals surface area contributed by atoms with Gasteiger partial charge in [0.1, 0.15) is 6.10 Å². The summed E-state index contributed by atoms with van der Waals surface area (Å²) in [4.78, 5) is 0. The summed E-state index contributed by atoms with van der Waals surface area (Å²) in [5.74, 6) is 0. The lowest BCUT2D eigenvalue weighted by Gasteiger charge is -2.31. The molecule has 4 nitrogen and oxygen atoms in total. The largest absolute Gasteiger partial charge is 0.394 e. The van der Waals surface area contributed by atoms with Crippen LogP contribution in [0, 0.1) is 0 Å². The molecule has 1 aliphatic rings. The molecule has 1 fully saturated rings. The molecule has 0 aromatic carbocycles. The summed E-state index contributed by atoms with van der Waals surface area (Å²) in [5.41, 5.74) is 0. The van der Waals surface area contributed by atoms with Crippen LogP contribution in [0.5, 0.6) is 0 Å². The molecule has 1 rings (SSSR count). The Kier molecular flexibility index (Phi) is 3.94. The molecule has 1 saturated heterocycles. The predicted molar refractivity (Wildman–Crippen MR) is 42.6 cm³/mol. The number of hydrogen-bond donors (Lipinski definition) is 2. The molecular formula is C8H16O4. The van der Waals surface area contributed by atoms with E-state index < -0.39 is 6.10 Å². The minimum absolute atomic E-state index is 0.218. The average Bonchev–Trinajstić information content (AvgIpc) is 2.17. The average molecular weight is 176 g/mol. The van der Waals surface area contributed by atoms with Crippen molar-refractivity contribution in [3.05, 3.63) is 0 Å². The van der Waals surface area contributed by atoms with Gasteiger partial charge in [-0.3, -0.25) is 0 Å². The van der Waals surface area contributed by atoms with Crippen LogP contribution in [-0.2, 0) is 9.47 Å². The first-order chi connectivity index (χ1) is 5.77. The SMILES string of the molecule is CO[C@H]1CCC[C@@H]([C@H](O)CO)O1. The molecule has 0 radical (unpaired) electrons. The lowest BCUT2D eigenvalue weighted by molar-refractivity contribution is -0.206. The van der Waals surface area contributed by atoms with Crippen molar-refractivity contribution in [3.63, 3.8) is 0 Å². The van der Waals surface area contributed by atoms with E-state index in [9.17, 15) is 5.11 Å². The van der Waals surface area contributed by atoms with Gasteiger partial charge in [-0.1, -0.05) is 0 Å². The summed E-state index contributed by atoms with van der Waals surface area (Å²) in [6.07, 6.45) is 1.37. The van der Waals surface area contributed by atoms with Crippen molar-refractivity contribution in [2.24, 2.45) is 0 Å². The Morgan fingerprint density at radius 2 is 2.33 bits per heavy atom. The lowest BCUT2D eigenvalue weighted by Crippen LogP contribution is -2.39. The zero-order chi connectivity index (χ0) is 8.97. The van der Waals surface area contributed by atoms with Crippen LogP contribution in [0.15, 0.2) is 0 Å². The number of hydrogen-bond acceptors (Lipinski definition) is 4. The summed E-state index contributed by atoms with van der Waals surface area (Å²) >= 11 is 0. The molecule has 0 aromatic rings. The smallest absolute Gasteiger partial charge is 0.157 e.